The first kappa shape index (κ1) is 13.3. The van der Waals surface area contributed by atoms with Crippen molar-refractivity contribution in [2.45, 2.75) is 19.3 Å². The first-order chi connectivity index (χ1) is 8.04. The normalized spacial score (nSPS) is 10.1. The van der Waals surface area contributed by atoms with Gasteiger partial charge in [0.15, 0.2) is 5.78 Å². The summed E-state index contributed by atoms with van der Waals surface area (Å²) in [6.45, 7) is 0. The van der Waals surface area contributed by atoms with Crippen LogP contribution < -0.4 is 0 Å². The van der Waals surface area contributed by atoms with E-state index in [2.05, 4.69) is 4.74 Å². The Morgan fingerprint density at radius 2 is 1.94 bits per heavy atom. The minimum absolute atomic E-state index is 0.0184. The molecule has 0 aliphatic heterocycles. The van der Waals surface area contributed by atoms with Crippen LogP contribution in [0.5, 0.6) is 0 Å². The van der Waals surface area contributed by atoms with Crippen LogP contribution in [0, 0.1) is 11.6 Å². The van der Waals surface area contributed by atoms with E-state index < -0.39 is 23.4 Å². The molecule has 0 amide bonds. The van der Waals surface area contributed by atoms with E-state index in [1.54, 1.807) is 0 Å². The van der Waals surface area contributed by atoms with Gasteiger partial charge in [0.25, 0.3) is 0 Å². The van der Waals surface area contributed by atoms with Gasteiger partial charge in [-0.15, -0.1) is 0 Å². The third-order valence-electron chi connectivity index (χ3n) is 2.24. The minimum Gasteiger partial charge on any atom is -0.469 e. The summed E-state index contributed by atoms with van der Waals surface area (Å²) >= 11 is 0. The second-order valence-electron chi connectivity index (χ2n) is 3.48. The third kappa shape index (κ3) is 3.94. The smallest absolute Gasteiger partial charge is 0.305 e. The molecular weight excluding hydrogens is 230 g/mol. The Labute approximate surface area is 97.4 Å². The number of hydrogen-bond acceptors (Lipinski definition) is 3. The average Bonchev–Trinajstić information content (AvgIpc) is 2.31. The van der Waals surface area contributed by atoms with Crippen LogP contribution in [0.4, 0.5) is 8.78 Å². The van der Waals surface area contributed by atoms with Crippen molar-refractivity contribution in [2.24, 2.45) is 0 Å². The summed E-state index contributed by atoms with van der Waals surface area (Å²) in [5.74, 6) is -2.37. The van der Waals surface area contributed by atoms with Gasteiger partial charge >= 0.3 is 5.97 Å². The van der Waals surface area contributed by atoms with Gasteiger partial charge in [-0.1, -0.05) is 0 Å². The summed E-state index contributed by atoms with van der Waals surface area (Å²) in [7, 11) is 1.25. The Morgan fingerprint density at radius 3 is 2.59 bits per heavy atom. The average molecular weight is 242 g/mol. The molecule has 0 fully saturated rings. The number of ether oxygens (including phenoxy) is 1. The molecule has 0 atom stereocenters. The maximum absolute atomic E-state index is 13.2. The van der Waals surface area contributed by atoms with E-state index >= 15 is 0 Å². The van der Waals surface area contributed by atoms with Crippen LogP contribution in [0.1, 0.15) is 29.6 Å². The molecule has 0 saturated carbocycles. The molecule has 0 N–H and O–H groups in total. The zero-order chi connectivity index (χ0) is 12.8. The first-order valence-electron chi connectivity index (χ1n) is 5.09. The second kappa shape index (κ2) is 6.08. The highest BCUT2D eigenvalue weighted by molar-refractivity contribution is 5.96. The van der Waals surface area contributed by atoms with Gasteiger partial charge in [-0.25, -0.2) is 8.78 Å². The molecule has 0 radical (unpaired) electrons. The van der Waals surface area contributed by atoms with Crippen LogP contribution in [-0.4, -0.2) is 18.9 Å². The van der Waals surface area contributed by atoms with Crippen LogP contribution >= 0.6 is 0 Å². The van der Waals surface area contributed by atoms with Crippen molar-refractivity contribution in [2.75, 3.05) is 7.11 Å². The number of halogens is 2. The number of ketones is 1. The largest absolute Gasteiger partial charge is 0.469 e. The van der Waals surface area contributed by atoms with E-state index in [9.17, 15) is 18.4 Å². The quantitative estimate of drug-likeness (QED) is 0.588. The van der Waals surface area contributed by atoms with E-state index in [4.69, 9.17) is 0 Å². The molecule has 0 heterocycles. The van der Waals surface area contributed by atoms with Gasteiger partial charge in [0.05, 0.1) is 12.7 Å². The van der Waals surface area contributed by atoms with Crippen molar-refractivity contribution in [3.63, 3.8) is 0 Å². The molecule has 0 aromatic heterocycles. The molecule has 0 aliphatic rings. The minimum atomic E-state index is -0.755. The van der Waals surface area contributed by atoms with Gasteiger partial charge < -0.3 is 4.74 Å². The first-order valence-corrected chi connectivity index (χ1v) is 5.09. The Kier molecular flexibility index (Phi) is 4.75. The predicted molar refractivity (Wildman–Crippen MR) is 56.6 cm³/mol. The van der Waals surface area contributed by atoms with E-state index in [1.165, 1.54) is 7.11 Å². The molecular formula is C12H12F2O3. The summed E-state index contributed by atoms with van der Waals surface area (Å²) in [6.07, 6.45) is 0.316. The fraction of sp³-hybridized carbons (Fsp3) is 0.333. The molecule has 0 bridgehead atoms. The number of rotatable bonds is 5. The van der Waals surface area contributed by atoms with E-state index in [0.29, 0.717) is 0 Å². The highest BCUT2D eigenvalue weighted by atomic mass is 19.1. The van der Waals surface area contributed by atoms with Gasteiger partial charge in [-0.05, 0) is 24.6 Å². The molecule has 0 unspecified atom stereocenters. The molecule has 5 heteroatoms. The summed E-state index contributed by atoms with van der Waals surface area (Å²) in [6, 6.07) is 2.71. The highest BCUT2D eigenvalue weighted by Crippen LogP contribution is 2.13. The van der Waals surface area contributed by atoms with Crippen molar-refractivity contribution >= 4 is 11.8 Å². The van der Waals surface area contributed by atoms with Crippen LogP contribution in [-0.2, 0) is 9.53 Å². The lowest BCUT2D eigenvalue weighted by Crippen LogP contribution is -2.05. The lowest BCUT2D eigenvalue weighted by atomic mass is 10.0. The SMILES string of the molecule is COC(=O)CCCC(=O)c1cc(F)ccc1F. The molecule has 3 nitrogen and oxygen atoms in total. The van der Waals surface area contributed by atoms with Gasteiger partial charge in [0.1, 0.15) is 11.6 Å². The number of carbonyl (C=O) groups excluding carboxylic acids is 2. The summed E-state index contributed by atoms with van der Waals surface area (Å²) in [4.78, 5) is 22.3. The fourth-order valence-corrected chi connectivity index (χ4v) is 1.34. The molecule has 0 saturated heterocycles. The van der Waals surface area contributed by atoms with Crippen molar-refractivity contribution in [3.05, 3.63) is 35.4 Å². The maximum atomic E-state index is 13.2. The van der Waals surface area contributed by atoms with E-state index in [0.717, 1.165) is 18.2 Å². The lowest BCUT2D eigenvalue weighted by Gasteiger charge is -2.02. The molecule has 1 aromatic carbocycles. The third-order valence-corrected chi connectivity index (χ3v) is 2.24. The van der Waals surface area contributed by atoms with Gasteiger partial charge in [0.2, 0.25) is 0 Å². The Hall–Kier alpha value is -1.78. The van der Waals surface area contributed by atoms with Gasteiger partial charge in [0, 0.05) is 12.8 Å². The Balaban J connectivity index is 2.58. The monoisotopic (exact) mass is 242 g/mol. The highest BCUT2D eigenvalue weighted by Gasteiger charge is 2.13. The summed E-state index contributed by atoms with van der Waals surface area (Å²) in [5.41, 5.74) is -0.283. The number of benzene rings is 1. The van der Waals surface area contributed by atoms with E-state index in [1.807, 2.05) is 0 Å². The Bertz CT molecular complexity index is 430. The number of methoxy groups -OCH3 is 1. The van der Waals surface area contributed by atoms with E-state index in [-0.39, 0.29) is 24.8 Å². The van der Waals surface area contributed by atoms with Crippen LogP contribution in [0.15, 0.2) is 18.2 Å². The van der Waals surface area contributed by atoms with Crippen molar-refractivity contribution in [1.82, 2.24) is 0 Å². The van der Waals surface area contributed by atoms with Crippen molar-refractivity contribution in [3.8, 4) is 0 Å². The lowest BCUT2D eigenvalue weighted by molar-refractivity contribution is -0.140. The number of esters is 1. The van der Waals surface area contributed by atoms with Crippen molar-refractivity contribution in [1.29, 1.82) is 0 Å². The van der Waals surface area contributed by atoms with Gasteiger partial charge in [-0.3, -0.25) is 9.59 Å². The Morgan fingerprint density at radius 1 is 1.24 bits per heavy atom. The zero-order valence-electron chi connectivity index (χ0n) is 9.33. The predicted octanol–water partition coefficient (Wildman–Crippen LogP) is 2.49. The van der Waals surface area contributed by atoms with Crippen LogP contribution in [0.2, 0.25) is 0 Å². The second-order valence-corrected chi connectivity index (χ2v) is 3.48. The summed E-state index contributed by atoms with van der Waals surface area (Å²) < 4.78 is 30.4. The fourth-order valence-electron chi connectivity index (χ4n) is 1.34. The van der Waals surface area contributed by atoms with Crippen molar-refractivity contribution < 1.29 is 23.1 Å². The molecule has 17 heavy (non-hydrogen) atoms. The topological polar surface area (TPSA) is 43.4 Å². The molecule has 1 rings (SSSR count). The number of carbonyl (C=O) groups is 2. The van der Waals surface area contributed by atoms with Gasteiger partial charge in [-0.2, -0.15) is 0 Å². The molecule has 0 aliphatic carbocycles. The molecule has 92 valence electrons. The molecule has 0 spiro atoms. The standard InChI is InChI=1S/C12H12F2O3/c1-17-12(16)4-2-3-11(15)9-7-8(13)5-6-10(9)14/h5-7H,2-4H2,1H3. The number of hydrogen-bond donors (Lipinski definition) is 0. The number of Topliss-reactive ketones (excluding diaryl/α,β-unsaturated/α-hetero) is 1. The van der Waals surface area contributed by atoms with Crippen LogP contribution in [0.3, 0.4) is 0 Å². The molecule has 1 aromatic rings. The van der Waals surface area contributed by atoms with Crippen LogP contribution in [0.25, 0.3) is 0 Å². The zero-order valence-corrected chi connectivity index (χ0v) is 9.33. The summed E-state index contributed by atoms with van der Waals surface area (Å²) in [5, 5.41) is 0. The maximum Gasteiger partial charge on any atom is 0.305 e.